The van der Waals surface area contributed by atoms with Crippen LogP contribution in [-0.4, -0.2) is 29.1 Å². The molecule has 2 N–H and O–H groups in total. The molecule has 0 radical (unpaired) electrons. The van der Waals surface area contributed by atoms with Crippen LogP contribution in [0.4, 0.5) is 10.5 Å². The molecule has 0 unspecified atom stereocenters. The quantitative estimate of drug-likeness (QED) is 0.763. The molecular weight excluding hydrogens is 366 g/mol. The summed E-state index contributed by atoms with van der Waals surface area (Å²) in [6.45, 7) is 1.05. The van der Waals surface area contributed by atoms with E-state index in [1.54, 1.807) is 6.07 Å². The van der Waals surface area contributed by atoms with Crippen molar-refractivity contribution in [3.63, 3.8) is 0 Å². The summed E-state index contributed by atoms with van der Waals surface area (Å²) < 4.78 is 0. The Hall–Kier alpha value is -1.56. The fourth-order valence-electron chi connectivity index (χ4n) is 4.34. The van der Waals surface area contributed by atoms with Crippen LogP contribution in [0.2, 0.25) is 5.02 Å². The van der Waals surface area contributed by atoms with E-state index < -0.39 is 0 Å². The fourth-order valence-corrected chi connectivity index (χ4v) is 5.24. The van der Waals surface area contributed by atoms with E-state index in [1.807, 2.05) is 29.5 Å². The Labute approximate surface area is 163 Å². The molecule has 0 spiro atoms. The predicted molar refractivity (Wildman–Crippen MR) is 108 cm³/mol. The second kappa shape index (κ2) is 7.99. The molecule has 2 fully saturated rings. The van der Waals surface area contributed by atoms with Crippen LogP contribution in [0.25, 0.3) is 0 Å². The highest BCUT2D eigenvalue weighted by molar-refractivity contribution is 7.09. The lowest BCUT2D eigenvalue weighted by Gasteiger charge is -2.48. The Morgan fingerprint density at radius 1 is 1.15 bits per heavy atom. The lowest BCUT2D eigenvalue weighted by Crippen LogP contribution is -2.56. The molecule has 2 aromatic rings. The third-order valence-electron chi connectivity index (χ3n) is 5.50. The van der Waals surface area contributed by atoms with E-state index in [2.05, 4.69) is 33.0 Å². The van der Waals surface area contributed by atoms with Crippen LogP contribution in [0, 0.1) is 0 Å². The number of fused-ring (bicyclic) bond motifs is 2. The van der Waals surface area contributed by atoms with Crippen molar-refractivity contribution in [2.45, 2.75) is 56.8 Å². The van der Waals surface area contributed by atoms with Crippen molar-refractivity contribution >= 4 is 34.7 Å². The number of hydrogen-bond donors (Lipinski definition) is 2. The summed E-state index contributed by atoms with van der Waals surface area (Å²) in [7, 11) is 0. The van der Waals surface area contributed by atoms with Gasteiger partial charge in [-0.1, -0.05) is 36.2 Å². The van der Waals surface area contributed by atoms with E-state index in [0.29, 0.717) is 22.8 Å². The molecule has 6 heteroatoms. The van der Waals surface area contributed by atoms with Crippen molar-refractivity contribution in [1.82, 2.24) is 10.2 Å². The number of amides is 2. The molecule has 4 rings (SSSR count). The van der Waals surface area contributed by atoms with E-state index >= 15 is 0 Å². The first-order valence-electron chi connectivity index (χ1n) is 9.29. The van der Waals surface area contributed by atoms with Gasteiger partial charge in [0, 0.05) is 29.5 Å². The van der Waals surface area contributed by atoms with Crippen molar-refractivity contribution in [1.29, 1.82) is 0 Å². The zero-order chi connectivity index (χ0) is 17.9. The number of anilines is 1. The number of piperidine rings is 2. The lowest BCUT2D eigenvalue weighted by molar-refractivity contribution is 0.0208. The van der Waals surface area contributed by atoms with E-state index in [1.165, 1.54) is 24.1 Å². The predicted octanol–water partition coefficient (Wildman–Crippen LogP) is 5.11. The van der Waals surface area contributed by atoms with Gasteiger partial charge in [-0.15, -0.1) is 11.3 Å². The number of thiophene rings is 1. The molecule has 26 heavy (non-hydrogen) atoms. The molecule has 3 heterocycles. The van der Waals surface area contributed by atoms with Gasteiger partial charge in [-0.2, -0.15) is 0 Å². The summed E-state index contributed by atoms with van der Waals surface area (Å²) in [6.07, 6.45) is 5.81. The topological polar surface area (TPSA) is 44.4 Å². The molecule has 2 saturated heterocycles. The van der Waals surface area contributed by atoms with Crippen LogP contribution in [0.3, 0.4) is 0 Å². The zero-order valence-corrected chi connectivity index (χ0v) is 16.2. The molecule has 2 amide bonds. The molecular formula is C20H24ClN3OS. The monoisotopic (exact) mass is 389 g/mol. The Bertz CT molecular complexity index is 737. The first-order chi connectivity index (χ1) is 12.7. The van der Waals surface area contributed by atoms with Crippen LogP contribution in [0.15, 0.2) is 41.8 Å². The van der Waals surface area contributed by atoms with Gasteiger partial charge < -0.3 is 10.6 Å². The van der Waals surface area contributed by atoms with Gasteiger partial charge in [-0.05, 0) is 49.3 Å². The van der Waals surface area contributed by atoms with Crippen LogP contribution < -0.4 is 10.6 Å². The Morgan fingerprint density at radius 3 is 2.62 bits per heavy atom. The number of carbonyl (C=O) groups excluding carboxylic acids is 1. The molecule has 2 atom stereocenters. The number of hydrogen-bond acceptors (Lipinski definition) is 3. The number of para-hydroxylation sites is 1. The number of nitrogens with zero attached hydrogens (tertiary/aromatic N) is 1. The van der Waals surface area contributed by atoms with Crippen molar-refractivity contribution < 1.29 is 4.79 Å². The van der Waals surface area contributed by atoms with E-state index in [9.17, 15) is 4.79 Å². The summed E-state index contributed by atoms with van der Waals surface area (Å²) in [5.41, 5.74) is 0.655. The van der Waals surface area contributed by atoms with Crippen LogP contribution in [0.1, 0.15) is 37.0 Å². The summed E-state index contributed by atoms with van der Waals surface area (Å²) in [6, 6.07) is 12.9. The van der Waals surface area contributed by atoms with Gasteiger partial charge in [0.25, 0.3) is 0 Å². The average molecular weight is 390 g/mol. The largest absolute Gasteiger partial charge is 0.335 e. The minimum Gasteiger partial charge on any atom is -0.335 e. The van der Waals surface area contributed by atoms with Crippen molar-refractivity contribution in [3.05, 3.63) is 51.7 Å². The molecule has 2 aliphatic heterocycles. The van der Waals surface area contributed by atoms with E-state index in [4.69, 9.17) is 11.6 Å². The SMILES string of the molecule is O=C(Nc1ccccc1Cl)NC1C[C@@H]2CCC[C@@H](C1)N2Cc1cccs1. The van der Waals surface area contributed by atoms with Crippen LogP contribution in [-0.2, 0) is 6.54 Å². The number of carbonyl (C=O) groups is 1. The van der Waals surface area contributed by atoms with Gasteiger partial charge in [0.1, 0.15) is 0 Å². The van der Waals surface area contributed by atoms with Gasteiger partial charge in [0.15, 0.2) is 0 Å². The highest BCUT2D eigenvalue weighted by Gasteiger charge is 2.38. The van der Waals surface area contributed by atoms with Gasteiger partial charge >= 0.3 is 6.03 Å². The zero-order valence-electron chi connectivity index (χ0n) is 14.7. The summed E-state index contributed by atoms with van der Waals surface area (Å²) in [4.78, 5) is 16.5. The van der Waals surface area contributed by atoms with E-state index in [-0.39, 0.29) is 12.1 Å². The van der Waals surface area contributed by atoms with Crippen molar-refractivity contribution in [3.8, 4) is 0 Å². The minimum atomic E-state index is -0.159. The molecule has 0 saturated carbocycles. The first kappa shape index (κ1) is 17.8. The summed E-state index contributed by atoms with van der Waals surface area (Å²) in [5.74, 6) is 0. The molecule has 4 nitrogen and oxygen atoms in total. The number of nitrogens with one attached hydrogen (secondary N) is 2. The Balaban J connectivity index is 1.36. The van der Waals surface area contributed by atoms with Crippen LogP contribution in [0.5, 0.6) is 0 Å². The number of halogens is 1. The molecule has 1 aromatic carbocycles. The standard InChI is InChI=1S/C20H24ClN3OS/c21-18-8-1-2-9-19(18)23-20(25)22-14-11-15-5-3-6-16(12-14)24(15)13-17-7-4-10-26-17/h1-2,4,7-10,14-16H,3,5-6,11-13H2,(H2,22,23,25)/t15-,16-/m0/s1. The minimum absolute atomic E-state index is 0.159. The van der Waals surface area contributed by atoms with E-state index in [0.717, 1.165) is 19.4 Å². The molecule has 2 aliphatic rings. The lowest BCUT2D eigenvalue weighted by atomic mass is 9.81. The average Bonchev–Trinajstić information content (AvgIpc) is 3.11. The molecule has 1 aromatic heterocycles. The molecule has 2 bridgehead atoms. The van der Waals surface area contributed by atoms with Gasteiger partial charge in [0.05, 0.1) is 10.7 Å². The normalized spacial score (nSPS) is 25.7. The third kappa shape index (κ3) is 4.05. The maximum atomic E-state index is 12.4. The van der Waals surface area contributed by atoms with Crippen molar-refractivity contribution in [2.75, 3.05) is 5.32 Å². The fraction of sp³-hybridized carbons (Fsp3) is 0.450. The summed E-state index contributed by atoms with van der Waals surface area (Å²) in [5, 5.41) is 8.76. The smallest absolute Gasteiger partial charge is 0.319 e. The van der Waals surface area contributed by atoms with Crippen LogP contribution >= 0.6 is 22.9 Å². The van der Waals surface area contributed by atoms with Gasteiger partial charge in [-0.25, -0.2) is 4.79 Å². The first-order valence-corrected chi connectivity index (χ1v) is 10.5. The third-order valence-corrected chi connectivity index (χ3v) is 6.69. The maximum absolute atomic E-state index is 12.4. The highest BCUT2D eigenvalue weighted by Crippen LogP contribution is 2.35. The number of benzene rings is 1. The molecule has 138 valence electrons. The van der Waals surface area contributed by atoms with Gasteiger partial charge in [-0.3, -0.25) is 4.90 Å². The number of rotatable bonds is 4. The molecule has 0 aliphatic carbocycles. The Morgan fingerprint density at radius 2 is 1.92 bits per heavy atom. The Kier molecular flexibility index (Phi) is 5.48. The van der Waals surface area contributed by atoms with Crippen molar-refractivity contribution in [2.24, 2.45) is 0 Å². The number of urea groups is 1. The summed E-state index contributed by atoms with van der Waals surface area (Å²) >= 11 is 7.96. The maximum Gasteiger partial charge on any atom is 0.319 e. The second-order valence-electron chi connectivity index (χ2n) is 7.24. The second-order valence-corrected chi connectivity index (χ2v) is 8.68. The van der Waals surface area contributed by atoms with Gasteiger partial charge in [0.2, 0.25) is 0 Å². The highest BCUT2D eigenvalue weighted by atomic mass is 35.5.